The van der Waals surface area contributed by atoms with Crippen molar-refractivity contribution in [1.29, 1.82) is 0 Å². The lowest BCUT2D eigenvalue weighted by Gasteiger charge is -2.36. The van der Waals surface area contributed by atoms with Crippen molar-refractivity contribution in [3.63, 3.8) is 0 Å². The van der Waals surface area contributed by atoms with Gasteiger partial charge in [-0.1, -0.05) is 49.5 Å². The molecule has 2 heterocycles. The van der Waals surface area contributed by atoms with Gasteiger partial charge in [-0.15, -0.1) is 0 Å². The van der Waals surface area contributed by atoms with Crippen LogP contribution < -0.4 is 14.8 Å². The summed E-state index contributed by atoms with van der Waals surface area (Å²) in [5, 5.41) is 11.2. The van der Waals surface area contributed by atoms with Gasteiger partial charge in [0.1, 0.15) is 5.75 Å². The number of hydrogen-bond acceptors (Lipinski definition) is 4. The average molecular weight is 496 g/mol. The second kappa shape index (κ2) is 11.3. The molecule has 0 aromatic heterocycles. The highest BCUT2D eigenvalue weighted by atomic mass is 28.3. The maximum atomic E-state index is 12.4. The van der Waals surface area contributed by atoms with E-state index < -0.39 is 8.07 Å². The SMILES string of the molecule is COc1ccc([Si](C)(C)[C@H]2[C@H](C)[C@H](CCc3cccc(N4CCCCC4=O)c3)O[C@@H]2CCO)cc1. The minimum atomic E-state index is -1.87. The summed E-state index contributed by atoms with van der Waals surface area (Å²) in [5.41, 5.74) is 2.72. The molecule has 4 atom stereocenters. The minimum Gasteiger partial charge on any atom is -0.497 e. The van der Waals surface area contributed by atoms with Crippen molar-refractivity contribution in [2.45, 2.75) is 76.3 Å². The molecular weight excluding hydrogens is 454 g/mol. The summed E-state index contributed by atoms with van der Waals surface area (Å²) in [7, 11) is -0.170. The maximum Gasteiger partial charge on any atom is 0.226 e. The molecule has 5 nitrogen and oxygen atoms in total. The molecular formula is C29H41NO4Si. The molecule has 6 heteroatoms. The summed E-state index contributed by atoms with van der Waals surface area (Å²) in [4.78, 5) is 14.3. The number of nitrogens with zero attached hydrogens (tertiary/aromatic N) is 1. The molecule has 2 fully saturated rings. The molecule has 0 radical (unpaired) electrons. The predicted molar refractivity (Wildman–Crippen MR) is 144 cm³/mol. The molecule has 0 saturated carbocycles. The lowest BCUT2D eigenvalue weighted by Crippen LogP contribution is -2.50. The van der Waals surface area contributed by atoms with Gasteiger partial charge in [-0.25, -0.2) is 0 Å². The first kappa shape index (κ1) is 25.9. The second-order valence-corrected chi connectivity index (χ2v) is 15.5. The first-order valence-electron chi connectivity index (χ1n) is 13.1. The van der Waals surface area contributed by atoms with Crippen molar-refractivity contribution < 1.29 is 19.4 Å². The van der Waals surface area contributed by atoms with Gasteiger partial charge >= 0.3 is 0 Å². The number of carbonyl (C=O) groups is 1. The molecule has 2 aromatic carbocycles. The zero-order valence-electron chi connectivity index (χ0n) is 21.7. The normalized spacial score (nSPS) is 25.2. The molecule has 1 N–H and O–H groups in total. The number of amides is 1. The Balaban J connectivity index is 1.47. The number of methoxy groups -OCH3 is 1. The van der Waals surface area contributed by atoms with E-state index in [1.165, 1.54) is 10.8 Å². The third-order valence-electron chi connectivity index (χ3n) is 8.25. The highest BCUT2D eigenvalue weighted by Crippen LogP contribution is 2.46. The molecule has 4 rings (SSSR count). The van der Waals surface area contributed by atoms with Crippen LogP contribution in [0.1, 0.15) is 44.6 Å². The van der Waals surface area contributed by atoms with Gasteiger partial charge < -0.3 is 19.5 Å². The number of carbonyl (C=O) groups excluding carboxylic acids is 1. The van der Waals surface area contributed by atoms with Crippen LogP contribution in [0.2, 0.25) is 18.6 Å². The zero-order valence-corrected chi connectivity index (χ0v) is 22.7. The van der Waals surface area contributed by atoms with E-state index in [0.29, 0.717) is 24.3 Å². The number of piperidine rings is 1. The van der Waals surface area contributed by atoms with Gasteiger partial charge in [-0.3, -0.25) is 4.79 Å². The zero-order chi connectivity index (χ0) is 25.0. The van der Waals surface area contributed by atoms with Crippen LogP contribution in [-0.2, 0) is 16.0 Å². The summed E-state index contributed by atoms with van der Waals surface area (Å²) in [6, 6.07) is 17.0. The molecule has 35 heavy (non-hydrogen) atoms. The molecule has 2 saturated heterocycles. The van der Waals surface area contributed by atoms with Crippen molar-refractivity contribution in [3.05, 3.63) is 54.1 Å². The number of rotatable bonds is 9. The van der Waals surface area contributed by atoms with Crippen LogP contribution in [-0.4, -0.2) is 51.6 Å². The second-order valence-electron chi connectivity index (χ2n) is 10.8. The first-order chi connectivity index (χ1) is 16.8. The van der Waals surface area contributed by atoms with Crippen LogP contribution in [0.4, 0.5) is 5.69 Å². The van der Waals surface area contributed by atoms with Gasteiger partial charge in [0.25, 0.3) is 0 Å². The van der Waals surface area contributed by atoms with Crippen LogP contribution in [0.25, 0.3) is 0 Å². The van der Waals surface area contributed by atoms with Gasteiger partial charge in [-0.2, -0.15) is 0 Å². The van der Waals surface area contributed by atoms with Crippen LogP contribution in [0.15, 0.2) is 48.5 Å². The van der Waals surface area contributed by atoms with Gasteiger partial charge in [0, 0.05) is 25.3 Å². The third kappa shape index (κ3) is 5.65. The van der Waals surface area contributed by atoms with E-state index >= 15 is 0 Å². The number of aliphatic hydroxyl groups excluding tert-OH is 1. The third-order valence-corrected chi connectivity index (χ3v) is 12.6. The van der Waals surface area contributed by atoms with Gasteiger partial charge in [0.15, 0.2) is 0 Å². The number of benzene rings is 2. The van der Waals surface area contributed by atoms with Gasteiger partial charge in [0.05, 0.1) is 27.4 Å². The summed E-state index contributed by atoms with van der Waals surface area (Å²) in [6.07, 6.45) is 5.54. The molecule has 0 unspecified atom stereocenters. The lowest BCUT2D eigenvalue weighted by molar-refractivity contribution is -0.119. The maximum absolute atomic E-state index is 12.4. The molecule has 2 aliphatic heterocycles. The van der Waals surface area contributed by atoms with Crippen molar-refractivity contribution >= 4 is 24.9 Å². The van der Waals surface area contributed by atoms with Crippen LogP contribution in [0.3, 0.4) is 0 Å². The van der Waals surface area contributed by atoms with Crippen molar-refractivity contribution in [1.82, 2.24) is 0 Å². The quantitative estimate of drug-likeness (QED) is 0.502. The summed E-state index contributed by atoms with van der Waals surface area (Å²) >= 11 is 0. The standard InChI is InChI=1S/C29H41NO4Si/c1-21-26(16-11-22-8-7-9-23(20-22)30-18-6-5-10-28(30)32)34-27(17-19-31)29(21)35(3,4)25-14-12-24(33-2)13-15-25/h7-9,12-15,20-21,26-27,29,31H,5-6,10-11,16-19H2,1-4H3/t21-,26+,27-,29+/m1/s1. The van der Waals surface area contributed by atoms with Gasteiger partial charge in [-0.05, 0) is 73.4 Å². The topological polar surface area (TPSA) is 59.0 Å². The Bertz CT molecular complexity index is 992. The van der Waals surface area contributed by atoms with Crippen LogP contribution in [0, 0.1) is 5.92 Å². The summed E-state index contributed by atoms with van der Waals surface area (Å²) < 4.78 is 12.0. The number of aryl methyl sites for hydroxylation is 1. The molecule has 0 spiro atoms. The Kier molecular flexibility index (Phi) is 8.35. The Hall–Kier alpha value is -2.15. The van der Waals surface area contributed by atoms with E-state index in [4.69, 9.17) is 9.47 Å². The van der Waals surface area contributed by atoms with Gasteiger partial charge in [0.2, 0.25) is 5.91 Å². The number of anilines is 1. The summed E-state index contributed by atoms with van der Waals surface area (Å²) in [6.45, 7) is 8.18. The average Bonchev–Trinajstić information content (AvgIpc) is 3.19. The van der Waals surface area contributed by atoms with E-state index in [0.717, 1.165) is 43.7 Å². The Morgan fingerprint density at radius 1 is 1.09 bits per heavy atom. The molecule has 2 aromatic rings. The molecule has 1 amide bonds. The van der Waals surface area contributed by atoms with Crippen molar-refractivity contribution in [2.75, 3.05) is 25.2 Å². The van der Waals surface area contributed by atoms with Crippen molar-refractivity contribution in [3.8, 4) is 5.75 Å². The Labute approximate surface area is 211 Å². The highest BCUT2D eigenvalue weighted by Gasteiger charge is 2.50. The molecule has 0 bridgehead atoms. The molecule has 2 aliphatic rings. The highest BCUT2D eigenvalue weighted by molar-refractivity contribution is 6.91. The van der Waals surface area contributed by atoms with E-state index in [9.17, 15) is 9.90 Å². The fourth-order valence-electron chi connectivity index (χ4n) is 6.31. The lowest BCUT2D eigenvalue weighted by atomic mass is 9.95. The predicted octanol–water partition coefficient (Wildman–Crippen LogP) is 4.92. The minimum absolute atomic E-state index is 0.0843. The fourth-order valence-corrected chi connectivity index (χ4v) is 10.4. The van der Waals surface area contributed by atoms with E-state index in [-0.39, 0.29) is 24.7 Å². The smallest absolute Gasteiger partial charge is 0.226 e. The van der Waals surface area contributed by atoms with E-state index in [2.05, 4.69) is 68.5 Å². The number of hydrogen-bond donors (Lipinski definition) is 1. The summed E-state index contributed by atoms with van der Waals surface area (Å²) in [5.74, 6) is 1.54. The monoisotopic (exact) mass is 495 g/mol. The molecule has 0 aliphatic carbocycles. The fraction of sp³-hybridized carbons (Fsp3) is 0.552. The number of aliphatic hydroxyl groups is 1. The largest absolute Gasteiger partial charge is 0.497 e. The van der Waals surface area contributed by atoms with Crippen LogP contribution >= 0.6 is 0 Å². The number of ether oxygens (including phenoxy) is 2. The van der Waals surface area contributed by atoms with Crippen LogP contribution in [0.5, 0.6) is 5.75 Å². The van der Waals surface area contributed by atoms with E-state index in [1.807, 2.05) is 4.90 Å². The van der Waals surface area contributed by atoms with E-state index in [1.54, 1.807) is 7.11 Å². The Morgan fingerprint density at radius 3 is 2.54 bits per heavy atom. The first-order valence-corrected chi connectivity index (χ1v) is 16.2. The van der Waals surface area contributed by atoms with Crippen molar-refractivity contribution in [2.24, 2.45) is 5.92 Å². The molecule has 190 valence electrons. The Morgan fingerprint density at radius 2 is 1.86 bits per heavy atom.